The Balaban J connectivity index is 1.17. The summed E-state index contributed by atoms with van der Waals surface area (Å²) in [4.78, 5) is 0. The van der Waals surface area contributed by atoms with Crippen molar-refractivity contribution in [3.05, 3.63) is 176 Å². The van der Waals surface area contributed by atoms with Crippen LogP contribution in [0, 0.1) is 11.8 Å². The molecule has 0 aromatic heterocycles. The van der Waals surface area contributed by atoms with Crippen molar-refractivity contribution in [2.24, 2.45) is 11.8 Å². The van der Waals surface area contributed by atoms with Crippen LogP contribution in [0.1, 0.15) is 196 Å². The number of phenols is 6. The molecule has 6 aromatic carbocycles. The van der Waals surface area contributed by atoms with E-state index in [1.54, 1.807) is 24.3 Å². The van der Waals surface area contributed by atoms with Gasteiger partial charge in [0.05, 0.1) is 0 Å². The molecule has 6 N–H and O–H groups in total. The zero-order valence-corrected chi connectivity index (χ0v) is 39.9. The average Bonchev–Trinajstić information content (AvgIpc) is 3.26. The Kier molecular flexibility index (Phi) is 11.7. The third kappa shape index (κ3) is 7.98. The van der Waals surface area contributed by atoms with E-state index in [0.717, 1.165) is 87.7 Å². The first kappa shape index (κ1) is 45.3. The van der Waals surface area contributed by atoms with E-state index in [0.29, 0.717) is 11.8 Å². The molecular weight excluding hydrogens is 817 g/mol. The van der Waals surface area contributed by atoms with E-state index in [4.69, 9.17) is 0 Å². The van der Waals surface area contributed by atoms with Crippen molar-refractivity contribution in [1.82, 2.24) is 0 Å². The van der Waals surface area contributed by atoms with Crippen molar-refractivity contribution < 1.29 is 30.6 Å². The Morgan fingerprint density at radius 1 is 0.348 bits per heavy atom. The highest BCUT2D eigenvalue weighted by Gasteiger charge is 2.59. The van der Waals surface area contributed by atoms with Crippen LogP contribution < -0.4 is 0 Å². The van der Waals surface area contributed by atoms with E-state index < -0.39 is 0 Å². The SMILES string of the molecule is CC(C)c1cc(C(c2ccc(O)c(C(C)C)c2)c2cc(C34CC5CC(C3)CC(c3ccc(O)c(C(c6ccc(O)c(C(C)C)c6)c6ccc(O)c(C(C)C)c6)c3)(C5)C4)ccc2O)ccc1O. The summed E-state index contributed by atoms with van der Waals surface area (Å²) in [7, 11) is 0. The Hall–Kier alpha value is -5.88. The van der Waals surface area contributed by atoms with Crippen LogP contribution in [0.2, 0.25) is 0 Å². The molecular formula is C60H68O6. The lowest BCUT2D eigenvalue weighted by atomic mass is 9.41. The molecule has 0 saturated heterocycles. The van der Waals surface area contributed by atoms with E-state index in [1.807, 2.05) is 36.4 Å². The summed E-state index contributed by atoms with van der Waals surface area (Å²) in [6.45, 7) is 16.6. The van der Waals surface area contributed by atoms with Crippen LogP contribution in [0.3, 0.4) is 0 Å². The van der Waals surface area contributed by atoms with Crippen LogP contribution in [0.4, 0.5) is 0 Å². The topological polar surface area (TPSA) is 121 Å². The van der Waals surface area contributed by atoms with Gasteiger partial charge in [0.1, 0.15) is 34.5 Å². The highest BCUT2D eigenvalue weighted by molar-refractivity contribution is 5.58. The number of hydrogen-bond acceptors (Lipinski definition) is 6. The Labute approximate surface area is 391 Å². The monoisotopic (exact) mass is 885 g/mol. The van der Waals surface area contributed by atoms with Crippen LogP contribution in [-0.4, -0.2) is 30.6 Å². The molecule has 344 valence electrons. The minimum Gasteiger partial charge on any atom is -0.508 e. The van der Waals surface area contributed by atoms with Crippen molar-refractivity contribution in [2.75, 3.05) is 0 Å². The van der Waals surface area contributed by atoms with E-state index in [9.17, 15) is 30.6 Å². The Morgan fingerprint density at radius 2 is 0.606 bits per heavy atom. The summed E-state index contributed by atoms with van der Waals surface area (Å²) < 4.78 is 0. The zero-order valence-electron chi connectivity index (χ0n) is 39.9. The van der Waals surface area contributed by atoms with Crippen LogP contribution in [-0.2, 0) is 10.8 Å². The highest BCUT2D eigenvalue weighted by atomic mass is 16.3. The van der Waals surface area contributed by atoms with Gasteiger partial charge in [-0.2, -0.15) is 0 Å². The number of phenolic OH excluding ortho intramolecular Hbond substituents is 6. The maximum absolute atomic E-state index is 12.0. The van der Waals surface area contributed by atoms with E-state index in [-0.39, 0.29) is 80.8 Å². The third-order valence-electron chi connectivity index (χ3n) is 16.0. The average molecular weight is 885 g/mol. The van der Waals surface area contributed by atoms with Gasteiger partial charge in [-0.1, -0.05) is 128 Å². The van der Waals surface area contributed by atoms with E-state index >= 15 is 0 Å². The van der Waals surface area contributed by atoms with Gasteiger partial charge in [-0.05, 0) is 177 Å². The van der Waals surface area contributed by atoms with Crippen LogP contribution in [0.15, 0.2) is 109 Å². The molecule has 0 aliphatic heterocycles. The molecule has 0 amide bonds. The lowest BCUT2D eigenvalue weighted by molar-refractivity contribution is -0.0282. The predicted octanol–water partition coefficient (Wildman–Crippen LogP) is 14.6. The molecule has 10 rings (SSSR count). The van der Waals surface area contributed by atoms with Crippen LogP contribution >= 0.6 is 0 Å². The third-order valence-corrected chi connectivity index (χ3v) is 16.0. The fraction of sp³-hybridized carbons (Fsp3) is 0.400. The molecule has 4 aliphatic rings. The molecule has 4 aliphatic carbocycles. The number of rotatable bonds is 12. The Bertz CT molecular complexity index is 2480. The molecule has 6 aromatic rings. The van der Waals surface area contributed by atoms with Gasteiger partial charge in [-0.3, -0.25) is 0 Å². The first-order valence-electron chi connectivity index (χ1n) is 24.3. The van der Waals surface area contributed by atoms with Gasteiger partial charge in [-0.15, -0.1) is 0 Å². The first-order valence-corrected chi connectivity index (χ1v) is 24.3. The largest absolute Gasteiger partial charge is 0.508 e. The lowest BCUT2D eigenvalue weighted by Gasteiger charge is -2.63. The molecule has 0 unspecified atom stereocenters. The molecule has 4 saturated carbocycles. The van der Waals surface area contributed by atoms with Gasteiger partial charge in [0.25, 0.3) is 0 Å². The number of hydrogen-bond donors (Lipinski definition) is 6. The van der Waals surface area contributed by atoms with Crippen LogP contribution in [0.5, 0.6) is 34.5 Å². The van der Waals surface area contributed by atoms with Gasteiger partial charge in [0.15, 0.2) is 0 Å². The fourth-order valence-electron chi connectivity index (χ4n) is 13.1. The maximum atomic E-state index is 12.0. The normalized spacial score (nSPS) is 21.4. The van der Waals surface area contributed by atoms with Crippen LogP contribution in [0.25, 0.3) is 0 Å². The van der Waals surface area contributed by atoms with Crippen molar-refractivity contribution >= 4 is 0 Å². The van der Waals surface area contributed by atoms with Gasteiger partial charge in [0, 0.05) is 23.0 Å². The number of aromatic hydroxyl groups is 6. The summed E-state index contributed by atoms with van der Waals surface area (Å²) in [5.41, 5.74) is 11.2. The first-order chi connectivity index (χ1) is 31.4. The number of benzene rings is 6. The lowest BCUT2D eigenvalue weighted by Crippen LogP contribution is -2.56. The van der Waals surface area contributed by atoms with E-state index in [1.165, 1.54) is 17.5 Å². The summed E-state index contributed by atoms with van der Waals surface area (Å²) >= 11 is 0. The summed E-state index contributed by atoms with van der Waals surface area (Å²) in [6.07, 6.45) is 6.49. The van der Waals surface area contributed by atoms with Crippen molar-refractivity contribution in [3.63, 3.8) is 0 Å². The molecule has 0 heterocycles. The summed E-state index contributed by atoms with van der Waals surface area (Å²) in [6, 6.07) is 36.0. The molecule has 0 spiro atoms. The summed E-state index contributed by atoms with van der Waals surface area (Å²) in [5, 5.41) is 67.7. The molecule has 6 heteroatoms. The van der Waals surface area contributed by atoms with Gasteiger partial charge < -0.3 is 30.6 Å². The minimum atomic E-state index is -0.354. The Morgan fingerprint density at radius 3 is 0.879 bits per heavy atom. The molecule has 66 heavy (non-hydrogen) atoms. The highest BCUT2D eigenvalue weighted by Crippen LogP contribution is 2.67. The zero-order chi connectivity index (χ0) is 47.0. The van der Waals surface area contributed by atoms with Crippen molar-refractivity contribution in [2.45, 2.75) is 140 Å². The quantitative estimate of drug-likeness (QED) is 0.0681. The van der Waals surface area contributed by atoms with Crippen molar-refractivity contribution in [1.29, 1.82) is 0 Å². The fourth-order valence-corrected chi connectivity index (χ4v) is 13.1. The molecule has 0 atom stereocenters. The van der Waals surface area contributed by atoms with Crippen molar-refractivity contribution in [3.8, 4) is 34.5 Å². The second kappa shape index (κ2) is 17.1. The van der Waals surface area contributed by atoms with E-state index in [2.05, 4.69) is 104 Å². The molecule has 4 fully saturated rings. The standard InChI is InChI=1S/C60H68O6/c1-33(2)45-22-39(9-15-51(45)61)57(40-10-16-52(62)46(23-40)34(3)4)49-26-43(13-19-55(49)65)59-28-37-21-38(29-59)31-60(30-37,32-59)44-14-20-56(66)50(27-44)58(41-11-17-53(63)47(24-41)35(5)6)42-12-18-54(64)48(25-42)36(7)8/h9-20,22-27,33-38,57-58,61-66H,21,28-32H2,1-8H3. The second-order valence-electron chi connectivity index (χ2n) is 21.8. The molecule has 4 bridgehead atoms. The van der Waals surface area contributed by atoms with Gasteiger partial charge in [0.2, 0.25) is 0 Å². The summed E-state index contributed by atoms with van der Waals surface area (Å²) in [5.74, 6) is 2.19. The van der Waals surface area contributed by atoms with Gasteiger partial charge >= 0.3 is 0 Å². The smallest absolute Gasteiger partial charge is 0.119 e. The second-order valence-corrected chi connectivity index (χ2v) is 21.8. The van der Waals surface area contributed by atoms with Gasteiger partial charge in [-0.25, -0.2) is 0 Å². The minimum absolute atomic E-state index is 0.0904. The maximum Gasteiger partial charge on any atom is 0.119 e. The molecule has 0 radical (unpaired) electrons. The molecule has 6 nitrogen and oxygen atoms in total. The predicted molar refractivity (Wildman–Crippen MR) is 265 cm³/mol.